The molecule has 1 aliphatic heterocycles. The molecule has 0 N–H and O–H groups in total. The second-order valence-electron chi connectivity index (χ2n) is 8.02. The van der Waals surface area contributed by atoms with Gasteiger partial charge in [-0.25, -0.2) is 0 Å². The molecule has 2 heterocycles. The summed E-state index contributed by atoms with van der Waals surface area (Å²) >= 11 is 1.40. The largest absolute Gasteiger partial charge is 0.496 e. The first kappa shape index (κ1) is 22.4. The van der Waals surface area contributed by atoms with E-state index in [9.17, 15) is 4.79 Å². The van der Waals surface area contributed by atoms with E-state index in [-0.39, 0.29) is 23.9 Å². The van der Waals surface area contributed by atoms with Gasteiger partial charge >= 0.3 is 0 Å². The van der Waals surface area contributed by atoms with Crippen molar-refractivity contribution in [1.82, 2.24) is 19.7 Å². The van der Waals surface area contributed by atoms with Gasteiger partial charge < -0.3 is 14.4 Å². The molecule has 8 heteroatoms. The number of morpholine rings is 1. The highest BCUT2D eigenvalue weighted by Crippen LogP contribution is 2.33. The Labute approximate surface area is 192 Å². The van der Waals surface area contributed by atoms with E-state index in [0.29, 0.717) is 24.1 Å². The number of amides is 1. The number of ether oxygens (including phenoxy) is 2. The van der Waals surface area contributed by atoms with E-state index in [1.54, 1.807) is 7.11 Å². The summed E-state index contributed by atoms with van der Waals surface area (Å²) < 4.78 is 13.3. The number of rotatable bonds is 6. The van der Waals surface area contributed by atoms with E-state index >= 15 is 0 Å². The van der Waals surface area contributed by atoms with Crippen molar-refractivity contribution < 1.29 is 14.3 Å². The van der Waals surface area contributed by atoms with Crippen LogP contribution in [0.5, 0.6) is 5.75 Å². The van der Waals surface area contributed by atoms with Crippen LogP contribution in [0.4, 0.5) is 0 Å². The minimum absolute atomic E-state index is 0.0426. The van der Waals surface area contributed by atoms with Crippen molar-refractivity contribution in [2.24, 2.45) is 0 Å². The lowest BCUT2D eigenvalue weighted by Crippen LogP contribution is -2.48. The van der Waals surface area contributed by atoms with Gasteiger partial charge in [-0.05, 0) is 45.0 Å². The van der Waals surface area contributed by atoms with Gasteiger partial charge in [0.15, 0.2) is 11.0 Å². The number of nitrogens with zero attached hydrogens (tertiary/aromatic N) is 4. The van der Waals surface area contributed by atoms with E-state index < -0.39 is 0 Å². The van der Waals surface area contributed by atoms with Gasteiger partial charge in [-0.2, -0.15) is 0 Å². The Morgan fingerprint density at radius 3 is 2.47 bits per heavy atom. The van der Waals surface area contributed by atoms with E-state index in [1.807, 2.05) is 59.7 Å². The fraction of sp³-hybridized carbons (Fsp3) is 0.375. The molecule has 4 rings (SSSR count). The number of carbonyl (C=O) groups excluding carboxylic acids is 1. The second-order valence-corrected chi connectivity index (χ2v) is 8.96. The normalized spacial score (nSPS) is 18.6. The molecule has 1 amide bonds. The molecule has 3 aromatic rings. The van der Waals surface area contributed by atoms with E-state index in [0.717, 1.165) is 17.0 Å². The van der Waals surface area contributed by atoms with Crippen LogP contribution < -0.4 is 4.74 Å². The molecule has 1 aromatic heterocycles. The lowest BCUT2D eigenvalue weighted by Gasteiger charge is -2.35. The van der Waals surface area contributed by atoms with Crippen LogP contribution in [-0.4, -0.2) is 63.7 Å². The summed E-state index contributed by atoms with van der Waals surface area (Å²) in [6.07, 6.45) is 0.0853. The molecule has 2 atom stereocenters. The summed E-state index contributed by atoms with van der Waals surface area (Å²) in [5, 5.41) is 9.58. The molecular formula is C24H28N4O3S. The Bertz CT molecular complexity index is 1070. The molecule has 1 aliphatic rings. The number of hydrogen-bond acceptors (Lipinski definition) is 6. The number of hydrogen-bond donors (Lipinski definition) is 0. The number of benzene rings is 2. The Balaban J connectivity index is 1.64. The number of thioether (sulfide) groups is 1. The van der Waals surface area contributed by atoms with Gasteiger partial charge in [-0.15, -0.1) is 10.2 Å². The van der Waals surface area contributed by atoms with Crippen LogP contribution in [0.25, 0.3) is 17.1 Å². The number of para-hydroxylation sites is 1. The average molecular weight is 453 g/mol. The lowest BCUT2D eigenvalue weighted by atomic mass is 10.1. The third-order valence-corrected chi connectivity index (χ3v) is 6.28. The Morgan fingerprint density at radius 1 is 1.09 bits per heavy atom. The standard InChI is InChI=1S/C24H28N4O3S/c1-16-9-11-19(12-10-16)28-23(20-7-5-6-8-21(20)30-4)25-26-24(28)32-15-22(29)27-13-17(2)31-18(3)14-27/h5-12,17-18H,13-15H2,1-4H3. The molecule has 168 valence electrons. The molecule has 1 saturated heterocycles. The highest BCUT2D eigenvalue weighted by atomic mass is 32.2. The maximum absolute atomic E-state index is 12.9. The minimum atomic E-state index is 0.0426. The van der Waals surface area contributed by atoms with Gasteiger partial charge in [0.25, 0.3) is 0 Å². The van der Waals surface area contributed by atoms with Gasteiger partial charge in [0.2, 0.25) is 5.91 Å². The first-order valence-electron chi connectivity index (χ1n) is 10.7. The molecule has 0 spiro atoms. The summed E-state index contributed by atoms with van der Waals surface area (Å²) in [5.41, 5.74) is 2.95. The zero-order chi connectivity index (χ0) is 22.7. The molecule has 0 bridgehead atoms. The zero-order valence-electron chi connectivity index (χ0n) is 18.8. The molecule has 2 aromatic carbocycles. The number of carbonyl (C=O) groups is 1. The molecule has 0 radical (unpaired) electrons. The third-order valence-electron chi connectivity index (χ3n) is 5.37. The minimum Gasteiger partial charge on any atom is -0.496 e. The predicted molar refractivity (Wildman–Crippen MR) is 125 cm³/mol. The predicted octanol–water partition coefficient (Wildman–Crippen LogP) is 3.98. The number of aryl methyl sites for hydroxylation is 1. The van der Waals surface area contributed by atoms with Crippen LogP contribution in [0.2, 0.25) is 0 Å². The van der Waals surface area contributed by atoms with Crippen LogP contribution in [0.3, 0.4) is 0 Å². The van der Waals surface area contributed by atoms with Gasteiger partial charge in [-0.3, -0.25) is 9.36 Å². The summed E-state index contributed by atoms with van der Waals surface area (Å²) in [7, 11) is 1.64. The van der Waals surface area contributed by atoms with Gasteiger partial charge in [-0.1, -0.05) is 41.6 Å². The third kappa shape index (κ3) is 4.81. The summed E-state index contributed by atoms with van der Waals surface area (Å²) in [5.74, 6) is 1.76. The van der Waals surface area contributed by atoms with E-state index in [1.165, 1.54) is 17.3 Å². The fourth-order valence-corrected chi connectivity index (χ4v) is 4.75. The van der Waals surface area contributed by atoms with Crippen molar-refractivity contribution in [3.05, 3.63) is 54.1 Å². The maximum Gasteiger partial charge on any atom is 0.233 e. The number of aromatic nitrogens is 3. The first-order chi connectivity index (χ1) is 15.5. The van der Waals surface area contributed by atoms with Crippen molar-refractivity contribution in [3.63, 3.8) is 0 Å². The second kappa shape index (κ2) is 9.75. The smallest absolute Gasteiger partial charge is 0.233 e. The van der Waals surface area contributed by atoms with Crippen LogP contribution >= 0.6 is 11.8 Å². The fourth-order valence-electron chi connectivity index (χ4n) is 3.89. The van der Waals surface area contributed by atoms with Crippen LogP contribution in [-0.2, 0) is 9.53 Å². The molecule has 1 fully saturated rings. The SMILES string of the molecule is COc1ccccc1-c1nnc(SCC(=O)N2CC(C)OC(C)C2)n1-c1ccc(C)cc1. The summed E-state index contributed by atoms with van der Waals surface area (Å²) in [4.78, 5) is 14.8. The lowest BCUT2D eigenvalue weighted by molar-refractivity contribution is -0.140. The van der Waals surface area contributed by atoms with Crippen LogP contribution in [0, 0.1) is 6.92 Å². The van der Waals surface area contributed by atoms with Gasteiger partial charge in [0.05, 0.1) is 30.6 Å². The first-order valence-corrected chi connectivity index (χ1v) is 11.7. The number of methoxy groups -OCH3 is 1. The summed E-state index contributed by atoms with van der Waals surface area (Å²) in [6, 6.07) is 15.9. The Hall–Kier alpha value is -2.84. The average Bonchev–Trinajstić information content (AvgIpc) is 3.21. The molecule has 0 saturated carbocycles. The molecule has 32 heavy (non-hydrogen) atoms. The molecular weight excluding hydrogens is 424 g/mol. The quantitative estimate of drug-likeness (QED) is 0.527. The highest BCUT2D eigenvalue weighted by Gasteiger charge is 2.27. The molecule has 2 unspecified atom stereocenters. The van der Waals surface area contributed by atoms with Gasteiger partial charge in [0.1, 0.15) is 5.75 Å². The van der Waals surface area contributed by atoms with Crippen LogP contribution in [0.1, 0.15) is 19.4 Å². The van der Waals surface area contributed by atoms with E-state index in [2.05, 4.69) is 29.3 Å². The Kier molecular flexibility index (Phi) is 6.81. The van der Waals surface area contributed by atoms with E-state index in [4.69, 9.17) is 9.47 Å². The Morgan fingerprint density at radius 2 is 1.78 bits per heavy atom. The molecule has 0 aliphatic carbocycles. The van der Waals surface area contributed by atoms with Crippen molar-refractivity contribution in [3.8, 4) is 22.8 Å². The van der Waals surface area contributed by atoms with Crippen molar-refractivity contribution >= 4 is 17.7 Å². The maximum atomic E-state index is 12.9. The monoisotopic (exact) mass is 452 g/mol. The van der Waals surface area contributed by atoms with Crippen LogP contribution in [0.15, 0.2) is 53.7 Å². The zero-order valence-corrected chi connectivity index (χ0v) is 19.6. The highest BCUT2D eigenvalue weighted by molar-refractivity contribution is 7.99. The van der Waals surface area contributed by atoms with Crippen molar-refractivity contribution in [2.75, 3.05) is 26.0 Å². The molecule has 7 nitrogen and oxygen atoms in total. The van der Waals surface area contributed by atoms with Crippen molar-refractivity contribution in [1.29, 1.82) is 0 Å². The topological polar surface area (TPSA) is 69.5 Å². The summed E-state index contributed by atoms with van der Waals surface area (Å²) in [6.45, 7) is 7.27. The van der Waals surface area contributed by atoms with Gasteiger partial charge in [0, 0.05) is 18.8 Å². The van der Waals surface area contributed by atoms with Crippen molar-refractivity contribution in [2.45, 2.75) is 38.1 Å².